The van der Waals surface area contributed by atoms with Gasteiger partial charge in [-0.25, -0.2) is 0 Å². The van der Waals surface area contributed by atoms with Crippen molar-refractivity contribution in [3.8, 4) is 0 Å². The Hall–Kier alpha value is -0.690. The van der Waals surface area contributed by atoms with Crippen LogP contribution in [0.4, 0.5) is 0 Å². The van der Waals surface area contributed by atoms with Crippen LogP contribution in [-0.2, 0) is 14.3 Å². The summed E-state index contributed by atoms with van der Waals surface area (Å²) in [4.78, 5) is 13.6. The van der Waals surface area contributed by atoms with Crippen LogP contribution in [0.2, 0.25) is 0 Å². The van der Waals surface area contributed by atoms with Crippen LogP contribution in [0.3, 0.4) is 0 Å². The van der Waals surface area contributed by atoms with E-state index in [1.165, 1.54) is 0 Å². The number of ether oxygens (including phenoxy) is 2. The largest absolute Gasteiger partial charge is 0.394 e. The summed E-state index contributed by atoms with van der Waals surface area (Å²) in [5, 5.41) is 9.05. The van der Waals surface area contributed by atoms with E-state index in [9.17, 15) is 4.79 Å². The molecule has 0 aromatic heterocycles. The van der Waals surface area contributed by atoms with E-state index < -0.39 is 0 Å². The number of hydrogen-bond donors (Lipinski definition) is 2. The van der Waals surface area contributed by atoms with Crippen molar-refractivity contribution in [2.45, 2.75) is 25.6 Å². The number of aliphatic hydroxyl groups is 1. The lowest BCUT2D eigenvalue weighted by molar-refractivity contribution is -0.148. The number of carbonyl (C=O) groups excluding carboxylic acids is 1. The van der Waals surface area contributed by atoms with Gasteiger partial charge in [-0.2, -0.15) is 0 Å². The minimum atomic E-state index is -0.271. The van der Waals surface area contributed by atoms with Crippen LogP contribution < -0.4 is 5.73 Å². The van der Waals surface area contributed by atoms with Gasteiger partial charge in [-0.15, -0.1) is 0 Å². The van der Waals surface area contributed by atoms with Gasteiger partial charge >= 0.3 is 0 Å². The SMILES string of the molecule is CC1CN(C(=O)CCOCCN)CC(CO)O1. The summed E-state index contributed by atoms with van der Waals surface area (Å²) in [7, 11) is 0. The van der Waals surface area contributed by atoms with Gasteiger partial charge in [-0.1, -0.05) is 0 Å². The molecule has 1 heterocycles. The minimum Gasteiger partial charge on any atom is -0.394 e. The van der Waals surface area contributed by atoms with Crippen LogP contribution in [0.5, 0.6) is 0 Å². The highest BCUT2D eigenvalue weighted by molar-refractivity contribution is 5.76. The van der Waals surface area contributed by atoms with Gasteiger partial charge in [0, 0.05) is 19.6 Å². The van der Waals surface area contributed by atoms with Gasteiger partial charge in [0.05, 0.1) is 38.4 Å². The maximum Gasteiger partial charge on any atom is 0.225 e. The third kappa shape index (κ3) is 4.99. The van der Waals surface area contributed by atoms with Gasteiger partial charge in [0.15, 0.2) is 0 Å². The molecule has 0 bridgehead atoms. The average Bonchev–Trinajstić information content (AvgIpc) is 2.33. The van der Waals surface area contributed by atoms with Crippen molar-refractivity contribution in [2.75, 3.05) is 39.5 Å². The molecule has 1 aliphatic heterocycles. The summed E-state index contributed by atoms with van der Waals surface area (Å²) in [6, 6.07) is 0. The van der Waals surface area contributed by atoms with Crippen molar-refractivity contribution in [3.05, 3.63) is 0 Å². The molecule has 0 radical (unpaired) electrons. The van der Waals surface area contributed by atoms with Crippen molar-refractivity contribution in [3.63, 3.8) is 0 Å². The molecule has 1 saturated heterocycles. The lowest BCUT2D eigenvalue weighted by Crippen LogP contribution is -2.50. The standard InChI is InChI=1S/C11H22N2O4/c1-9-6-13(7-10(8-14)17-9)11(15)2-4-16-5-3-12/h9-10,14H,2-8,12H2,1H3. The monoisotopic (exact) mass is 246 g/mol. The highest BCUT2D eigenvalue weighted by Gasteiger charge is 2.27. The quantitative estimate of drug-likeness (QED) is 0.585. The lowest BCUT2D eigenvalue weighted by atomic mass is 10.2. The fourth-order valence-electron chi connectivity index (χ4n) is 1.85. The number of amides is 1. The molecule has 2 atom stereocenters. The number of aliphatic hydroxyl groups excluding tert-OH is 1. The summed E-state index contributed by atoms with van der Waals surface area (Å²) in [6.45, 7) is 4.21. The van der Waals surface area contributed by atoms with Crippen molar-refractivity contribution in [1.82, 2.24) is 4.90 Å². The molecular formula is C11H22N2O4. The Morgan fingerprint density at radius 1 is 1.53 bits per heavy atom. The third-order valence-corrected chi connectivity index (χ3v) is 2.61. The molecule has 6 heteroatoms. The van der Waals surface area contributed by atoms with Crippen LogP contribution in [0.1, 0.15) is 13.3 Å². The third-order valence-electron chi connectivity index (χ3n) is 2.61. The van der Waals surface area contributed by atoms with Crippen LogP contribution in [0.25, 0.3) is 0 Å². The summed E-state index contributed by atoms with van der Waals surface area (Å²) in [6.07, 6.45) is 0.0488. The van der Waals surface area contributed by atoms with Crippen molar-refractivity contribution in [2.24, 2.45) is 5.73 Å². The lowest BCUT2D eigenvalue weighted by Gasteiger charge is -2.36. The van der Waals surface area contributed by atoms with Gasteiger partial charge in [0.2, 0.25) is 5.91 Å². The first kappa shape index (κ1) is 14.4. The Morgan fingerprint density at radius 2 is 2.29 bits per heavy atom. The Labute approximate surface area is 102 Å². The molecule has 0 saturated carbocycles. The Balaban J connectivity index is 2.29. The summed E-state index contributed by atoms with van der Waals surface area (Å²) in [5.74, 6) is 0.0376. The van der Waals surface area contributed by atoms with E-state index in [1.54, 1.807) is 4.90 Å². The van der Waals surface area contributed by atoms with Gasteiger partial charge in [0.25, 0.3) is 0 Å². The van der Waals surface area contributed by atoms with Crippen LogP contribution in [0, 0.1) is 0 Å². The first-order valence-corrected chi connectivity index (χ1v) is 5.99. The van der Waals surface area contributed by atoms with Gasteiger partial charge in [-0.3, -0.25) is 4.79 Å². The predicted molar refractivity (Wildman–Crippen MR) is 62.5 cm³/mol. The molecule has 1 rings (SSSR count). The summed E-state index contributed by atoms with van der Waals surface area (Å²) >= 11 is 0. The average molecular weight is 246 g/mol. The molecule has 1 fully saturated rings. The van der Waals surface area contributed by atoms with E-state index in [1.807, 2.05) is 6.92 Å². The maximum atomic E-state index is 11.8. The minimum absolute atomic E-state index is 0.0326. The van der Waals surface area contributed by atoms with Crippen LogP contribution in [0.15, 0.2) is 0 Å². The molecule has 1 aliphatic rings. The molecule has 2 unspecified atom stereocenters. The second kappa shape index (κ2) is 7.60. The fourth-order valence-corrected chi connectivity index (χ4v) is 1.85. The zero-order valence-electron chi connectivity index (χ0n) is 10.3. The maximum absolute atomic E-state index is 11.8. The zero-order valence-corrected chi connectivity index (χ0v) is 10.3. The fraction of sp³-hybridized carbons (Fsp3) is 0.909. The Kier molecular flexibility index (Phi) is 6.43. The Bertz CT molecular complexity index is 238. The normalized spacial score (nSPS) is 25.0. The first-order valence-electron chi connectivity index (χ1n) is 5.99. The molecule has 0 aromatic rings. The van der Waals surface area contributed by atoms with E-state index >= 15 is 0 Å². The highest BCUT2D eigenvalue weighted by Crippen LogP contribution is 2.11. The predicted octanol–water partition coefficient (Wildman–Crippen LogP) is -1.04. The van der Waals surface area contributed by atoms with E-state index in [-0.39, 0.29) is 24.7 Å². The molecule has 3 N–H and O–H groups in total. The number of rotatable bonds is 6. The topological polar surface area (TPSA) is 85.0 Å². The molecule has 0 spiro atoms. The number of hydrogen-bond acceptors (Lipinski definition) is 5. The molecule has 0 aromatic carbocycles. The molecule has 1 amide bonds. The van der Waals surface area contributed by atoms with E-state index in [4.69, 9.17) is 20.3 Å². The summed E-state index contributed by atoms with van der Waals surface area (Å²) < 4.78 is 10.6. The molecule has 100 valence electrons. The van der Waals surface area contributed by atoms with E-state index in [0.717, 1.165) is 0 Å². The Morgan fingerprint density at radius 3 is 2.94 bits per heavy atom. The molecule has 17 heavy (non-hydrogen) atoms. The van der Waals surface area contributed by atoms with Crippen molar-refractivity contribution in [1.29, 1.82) is 0 Å². The number of nitrogens with zero attached hydrogens (tertiary/aromatic N) is 1. The number of carbonyl (C=O) groups is 1. The van der Waals surface area contributed by atoms with Crippen LogP contribution in [-0.4, -0.2) is 67.6 Å². The number of nitrogens with two attached hydrogens (primary N) is 1. The number of morpholine rings is 1. The van der Waals surface area contributed by atoms with Gasteiger partial charge in [-0.05, 0) is 6.92 Å². The first-order chi connectivity index (χ1) is 8.17. The second-order valence-corrected chi connectivity index (χ2v) is 4.20. The molecular weight excluding hydrogens is 224 g/mol. The highest BCUT2D eigenvalue weighted by atomic mass is 16.5. The van der Waals surface area contributed by atoms with E-state index in [0.29, 0.717) is 39.3 Å². The van der Waals surface area contributed by atoms with Gasteiger partial charge < -0.3 is 25.2 Å². The zero-order chi connectivity index (χ0) is 12.7. The molecule has 0 aliphatic carbocycles. The van der Waals surface area contributed by atoms with Crippen molar-refractivity contribution >= 4 is 5.91 Å². The van der Waals surface area contributed by atoms with Crippen LogP contribution >= 0.6 is 0 Å². The molecule has 6 nitrogen and oxygen atoms in total. The van der Waals surface area contributed by atoms with Gasteiger partial charge in [0.1, 0.15) is 0 Å². The second-order valence-electron chi connectivity index (χ2n) is 4.20. The van der Waals surface area contributed by atoms with E-state index in [2.05, 4.69) is 0 Å². The summed E-state index contributed by atoms with van der Waals surface area (Å²) in [5.41, 5.74) is 5.28. The van der Waals surface area contributed by atoms with Crippen molar-refractivity contribution < 1.29 is 19.4 Å². The smallest absolute Gasteiger partial charge is 0.225 e.